The van der Waals surface area contributed by atoms with Gasteiger partial charge in [-0.05, 0) is 37.5 Å². The van der Waals surface area contributed by atoms with Gasteiger partial charge in [-0.25, -0.2) is 0 Å². The highest BCUT2D eigenvalue weighted by atomic mass is 15.3. The third-order valence-corrected chi connectivity index (χ3v) is 3.66. The van der Waals surface area contributed by atoms with Gasteiger partial charge in [0.2, 0.25) is 0 Å². The second-order valence-electron chi connectivity index (χ2n) is 5.82. The number of nitrogens with zero attached hydrogens (tertiary/aromatic N) is 3. The summed E-state index contributed by atoms with van der Waals surface area (Å²) >= 11 is 0. The summed E-state index contributed by atoms with van der Waals surface area (Å²) in [4.78, 5) is 9.08. The Bertz CT molecular complexity index is 437. The molecule has 0 atom stereocenters. The van der Waals surface area contributed by atoms with Crippen molar-refractivity contribution < 1.29 is 0 Å². The molecule has 0 amide bonds. The molecule has 0 heterocycles. The number of anilines is 1. The highest BCUT2D eigenvalue weighted by Crippen LogP contribution is 2.12. The summed E-state index contributed by atoms with van der Waals surface area (Å²) in [6.45, 7) is 7.12. The monoisotopic (exact) mass is 304 g/mol. The van der Waals surface area contributed by atoms with Crippen molar-refractivity contribution in [1.82, 2.24) is 10.2 Å². The fourth-order valence-corrected chi connectivity index (χ4v) is 2.22. The first kappa shape index (κ1) is 18.3. The van der Waals surface area contributed by atoms with E-state index in [2.05, 4.69) is 74.4 Å². The number of guanidine groups is 1. The first-order chi connectivity index (χ1) is 10.6. The molecule has 0 bridgehead atoms. The molecule has 22 heavy (non-hydrogen) atoms. The van der Waals surface area contributed by atoms with Gasteiger partial charge >= 0.3 is 0 Å². The SMILES string of the molecule is CCCCN(C)C(=NCCc1ccc(N(C)C)cc1)NCC. The Morgan fingerprint density at radius 3 is 2.32 bits per heavy atom. The first-order valence-corrected chi connectivity index (χ1v) is 8.34. The molecular weight excluding hydrogens is 272 g/mol. The van der Waals surface area contributed by atoms with Crippen LogP contribution < -0.4 is 10.2 Å². The lowest BCUT2D eigenvalue weighted by molar-refractivity contribution is 0.465. The van der Waals surface area contributed by atoms with E-state index in [0.29, 0.717) is 0 Å². The lowest BCUT2D eigenvalue weighted by atomic mass is 10.1. The van der Waals surface area contributed by atoms with E-state index in [1.54, 1.807) is 0 Å². The van der Waals surface area contributed by atoms with E-state index >= 15 is 0 Å². The van der Waals surface area contributed by atoms with Crippen LogP contribution in [-0.4, -0.2) is 51.6 Å². The van der Waals surface area contributed by atoms with Crippen molar-refractivity contribution in [2.45, 2.75) is 33.1 Å². The van der Waals surface area contributed by atoms with Crippen LogP contribution in [0.1, 0.15) is 32.3 Å². The Labute approximate surface area is 136 Å². The fraction of sp³-hybridized carbons (Fsp3) is 0.611. The second-order valence-corrected chi connectivity index (χ2v) is 5.82. The predicted octanol–water partition coefficient (Wildman–Crippen LogP) is 2.99. The van der Waals surface area contributed by atoms with E-state index in [0.717, 1.165) is 32.0 Å². The van der Waals surface area contributed by atoms with E-state index in [1.807, 2.05) is 0 Å². The smallest absolute Gasteiger partial charge is 0.193 e. The predicted molar refractivity (Wildman–Crippen MR) is 98.0 cm³/mol. The Morgan fingerprint density at radius 2 is 1.77 bits per heavy atom. The molecule has 0 aromatic heterocycles. The van der Waals surface area contributed by atoms with Gasteiger partial charge in [0.15, 0.2) is 5.96 Å². The van der Waals surface area contributed by atoms with Crippen LogP contribution >= 0.6 is 0 Å². The molecule has 1 aromatic carbocycles. The number of unbranched alkanes of at least 4 members (excludes halogenated alkanes) is 1. The summed E-state index contributed by atoms with van der Waals surface area (Å²) in [5.41, 5.74) is 2.57. The standard InChI is InChI=1S/C18H32N4/c1-6-8-15-22(5)18(19-7-2)20-14-13-16-9-11-17(12-10-16)21(3)4/h9-12H,6-8,13-15H2,1-5H3,(H,19,20). The number of aliphatic imine (C=N–C) groups is 1. The van der Waals surface area contributed by atoms with Crippen LogP contribution in [0.25, 0.3) is 0 Å². The van der Waals surface area contributed by atoms with E-state index < -0.39 is 0 Å². The first-order valence-electron chi connectivity index (χ1n) is 8.34. The Morgan fingerprint density at radius 1 is 1.09 bits per heavy atom. The van der Waals surface area contributed by atoms with Gasteiger partial charge in [-0.3, -0.25) is 4.99 Å². The van der Waals surface area contributed by atoms with Crippen molar-refractivity contribution in [3.8, 4) is 0 Å². The van der Waals surface area contributed by atoms with Crippen LogP contribution in [0.2, 0.25) is 0 Å². The number of rotatable bonds is 8. The number of hydrogen-bond donors (Lipinski definition) is 1. The van der Waals surface area contributed by atoms with Crippen LogP contribution in [0.3, 0.4) is 0 Å². The maximum Gasteiger partial charge on any atom is 0.193 e. The van der Waals surface area contributed by atoms with Gasteiger partial charge in [-0.1, -0.05) is 25.5 Å². The van der Waals surface area contributed by atoms with Gasteiger partial charge in [-0.15, -0.1) is 0 Å². The Hall–Kier alpha value is -1.71. The molecule has 0 aliphatic rings. The molecule has 0 unspecified atom stereocenters. The van der Waals surface area contributed by atoms with Gasteiger partial charge in [0, 0.05) is 46.5 Å². The topological polar surface area (TPSA) is 30.9 Å². The molecule has 1 N–H and O–H groups in total. The van der Waals surface area contributed by atoms with Crippen LogP contribution in [0, 0.1) is 0 Å². The van der Waals surface area contributed by atoms with E-state index in [-0.39, 0.29) is 0 Å². The zero-order valence-corrected chi connectivity index (χ0v) is 14.9. The summed E-state index contributed by atoms with van der Waals surface area (Å²) < 4.78 is 0. The van der Waals surface area contributed by atoms with Crippen molar-refractivity contribution in [1.29, 1.82) is 0 Å². The molecule has 0 aliphatic carbocycles. The molecule has 0 saturated carbocycles. The Kier molecular flexibility index (Phi) is 8.41. The van der Waals surface area contributed by atoms with E-state index in [4.69, 9.17) is 4.99 Å². The number of hydrogen-bond acceptors (Lipinski definition) is 2. The lowest BCUT2D eigenvalue weighted by Gasteiger charge is -2.21. The summed E-state index contributed by atoms with van der Waals surface area (Å²) in [5.74, 6) is 1.01. The summed E-state index contributed by atoms with van der Waals surface area (Å²) in [6.07, 6.45) is 3.39. The molecule has 1 aromatic rings. The van der Waals surface area contributed by atoms with Gasteiger partial charge in [0.05, 0.1) is 0 Å². The molecule has 0 fully saturated rings. The van der Waals surface area contributed by atoms with Crippen molar-refractivity contribution in [3.05, 3.63) is 29.8 Å². The minimum absolute atomic E-state index is 0.820. The Balaban J connectivity index is 2.55. The van der Waals surface area contributed by atoms with Crippen LogP contribution in [0.15, 0.2) is 29.3 Å². The average molecular weight is 304 g/mol. The third-order valence-electron chi connectivity index (χ3n) is 3.66. The molecule has 4 heteroatoms. The molecule has 4 nitrogen and oxygen atoms in total. The zero-order valence-electron chi connectivity index (χ0n) is 14.9. The largest absolute Gasteiger partial charge is 0.378 e. The number of benzene rings is 1. The van der Waals surface area contributed by atoms with Crippen LogP contribution in [-0.2, 0) is 6.42 Å². The molecule has 0 saturated heterocycles. The van der Waals surface area contributed by atoms with Crippen molar-refractivity contribution in [2.24, 2.45) is 4.99 Å². The average Bonchev–Trinajstić information content (AvgIpc) is 2.52. The molecular formula is C18H32N4. The van der Waals surface area contributed by atoms with Crippen molar-refractivity contribution in [3.63, 3.8) is 0 Å². The van der Waals surface area contributed by atoms with E-state index in [9.17, 15) is 0 Å². The summed E-state index contributed by atoms with van der Waals surface area (Å²) in [6, 6.07) is 8.71. The number of nitrogens with one attached hydrogen (secondary N) is 1. The van der Waals surface area contributed by atoms with Crippen LogP contribution in [0.4, 0.5) is 5.69 Å². The van der Waals surface area contributed by atoms with Gasteiger partial charge in [0.1, 0.15) is 0 Å². The lowest BCUT2D eigenvalue weighted by Crippen LogP contribution is -2.39. The summed E-state index contributed by atoms with van der Waals surface area (Å²) in [7, 11) is 6.24. The minimum Gasteiger partial charge on any atom is -0.378 e. The summed E-state index contributed by atoms with van der Waals surface area (Å²) in [5, 5.41) is 3.37. The molecule has 0 spiro atoms. The highest BCUT2D eigenvalue weighted by molar-refractivity contribution is 5.79. The maximum absolute atomic E-state index is 4.74. The van der Waals surface area contributed by atoms with E-state index in [1.165, 1.54) is 24.1 Å². The van der Waals surface area contributed by atoms with Crippen molar-refractivity contribution in [2.75, 3.05) is 45.7 Å². The third kappa shape index (κ3) is 6.37. The maximum atomic E-state index is 4.74. The quantitative estimate of drug-likeness (QED) is 0.592. The highest BCUT2D eigenvalue weighted by Gasteiger charge is 2.04. The molecule has 1 rings (SSSR count). The van der Waals surface area contributed by atoms with Crippen LogP contribution in [0.5, 0.6) is 0 Å². The van der Waals surface area contributed by atoms with Gasteiger partial charge in [0.25, 0.3) is 0 Å². The fourth-order valence-electron chi connectivity index (χ4n) is 2.22. The second kappa shape index (κ2) is 10.1. The minimum atomic E-state index is 0.820. The molecule has 0 radical (unpaired) electrons. The van der Waals surface area contributed by atoms with Crippen molar-refractivity contribution >= 4 is 11.6 Å². The molecule has 124 valence electrons. The van der Waals surface area contributed by atoms with Gasteiger partial charge < -0.3 is 15.1 Å². The zero-order chi connectivity index (χ0) is 16.4. The normalized spacial score (nSPS) is 11.4. The van der Waals surface area contributed by atoms with Gasteiger partial charge in [-0.2, -0.15) is 0 Å². The molecule has 0 aliphatic heterocycles.